The summed E-state index contributed by atoms with van der Waals surface area (Å²) >= 11 is 3.49. The molecule has 104 valence electrons. The van der Waals surface area contributed by atoms with Crippen molar-refractivity contribution in [3.63, 3.8) is 0 Å². The zero-order valence-electron chi connectivity index (χ0n) is 11.3. The second-order valence-corrected chi connectivity index (χ2v) is 5.58. The average molecular weight is 326 g/mol. The van der Waals surface area contributed by atoms with E-state index in [2.05, 4.69) is 22.9 Å². The van der Waals surface area contributed by atoms with E-state index in [1.807, 2.05) is 29.2 Å². The van der Waals surface area contributed by atoms with Gasteiger partial charge < -0.3 is 9.64 Å². The van der Waals surface area contributed by atoms with Crippen LogP contribution >= 0.6 is 15.9 Å². The van der Waals surface area contributed by atoms with Gasteiger partial charge in [-0.1, -0.05) is 28.9 Å². The summed E-state index contributed by atoms with van der Waals surface area (Å²) in [5, 5.41) is 0.969. The Morgan fingerprint density at radius 1 is 1.53 bits per heavy atom. The molecule has 1 heterocycles. The molecule has 0 N–H and O–H groups in total. The van der Waals surface area contributed by atoms with Gasteiger partial charge >= 0.3 is 0 Å². The van der Waals surface area contributed by atoms with Gasteiger partial charge in [0.1, 0.15) is 5.75 Å². The molecule has 0 bridgehead atoms. The quantitative estimate of drug-likeness (QED) is 0.777. The first-order valence-corrected chi connectivity index (χ1v) is 7.94. The topological polar surface area (TPSA) is 29.5 Å². The van der Waals surface area contributed by atoms with Crippen molar-refractivity contribution in [3.8, 4) is 5.75 Å². The molecule has 4 heteroatoms. The van der Waals surface area contributed by atoms with E-state index in [1.165, 1.54) is 0 Å². The Morgan fingerprint density at radius 3 is 3.05 bits per heavy atom. The highest BCUT2D eigenvalue weighted by atomic mass is 79.9. The lowest BCUT2D eigenvalue weighted by Gasteiger charge is -2.16. The number of halogens is 1. The van der Waals surface area contributed by atoms with Crippen LogP contribution in [0, 0.1) is 5.92 Å². The summed E-state index contributed by atoms with van der Waals surface area (Å²) in [4.78, 5) is 14.3. The standard InChI is InChI=1S/C15H20BrNO2/c1-2-8-19-14-5-3-4-13(9-14)15(18)17-7-6-12(10-16)11-17/h3-5,9,12H,2,6-8,10-11H2,1H3. The number of carbonyl (C=O) groups is 1. The van der Waals surface area contributed by atoms with Crippen LogP contribution in [0.5, 0.6) is 5.75 Å². The Kier molecular flexibility index (Phi) is 5.25. The first-order valence-electron chi connectivity index (χ1n) is 6.82. The van der Waals surface area contributed by atoms with Crippen LogP contribution < -0.4 is 4.74 Å². The van der Waals surface area contributed by atoms with Crippen LogP contribution in [0.3, 0.4) is 0 Å². The van der Waals surface area contributed by atoms with Crippen molar-refractivity contribution in [2.75, 3.05) is 25.0 Å². The van der Waals surface area contributed by atoms with Crippen molar-refractivity contribution in [2.24, 2.45) is 5.92 Å². The van der Waals surface area contributed by atoms with E-state index in [4.69, 9.17) is 4.74 Å². The highest BCUT2D eigenvalue weighted by Crippen LogP contribution is 2.22. The zero-order chi connectivity index (χ0) is 13.7. The molecule has 1 fully saturated rings. The van der Waals surface area contributed by atoms with Crippen LogP contribution in [-0.2, 0) is 0 Å². The minimum Gasteiger partial charge on any atom is -0.494 e. The molecule has 1 unspecified atom stereocenters. The van der Waals surface area contributed by atoms with Gasteiger partial charge in [0.05, 0.1) is 6.61 Å². The molecule has 19 heavy (non-hydrogen) atoms. The third-order valence-corrected chi connectivity index (χ3v) is 4.26. The summed E-state index contributed by atoms with van der Waals surface area (Å²) in [7, 11) is 0. The fraction of sp³-hybridized carbons (Fsp3) is 0.533. The van der Waals surface area contributed by atoms with Gasteiger partial charge in [0.2, 0.25) is 0 Å². The van der Waals surface area contributed by atoms with Gasteiger partial charge in [0.15, 0.2) is 0 Å². The molecule has 1 aliphatic heterocycles. The SMILES string of the molecule is CCCOc1cccc(C(=O)N2CCC(CBr)C2)c1. The fourth-order valence-electron chi connectivity index (χ4n) is 2.26. The molecule has 1 aliphatic rings. The monoisotopic (exact) mass is 325 g/mol. The molecule has 2 rings (SSSR count). The molecular formula is C15H20BrNO2. The molecule has 1 aromatic rings. The molecule has 1 amide bonds. The second-order valence-electron chi connectivity index (χ2n) is 4.94. The lowest BCUT2D eigenvalue weighted by atomic mass is 10.1. The molecule has 0 aromatic heterocycles. The van der Waals surface area contributed by atoms with E-state index in [-0.39, 0.29) is 5.91 Å². The number of benzene rings is 1. The Labute approximate surface area is 123 Å². The van der Waals surface area contributed by atoms with Crippen molar-refractivity contribution in [2.45, 2.75) is 19.8 Å². The summed E-state index contributed by atoms with van der Waals surface area (Å²) in [6, 6.07) is 7.50. The highest BCUT2D eigenvalue weighted by Gasteiger charge is 2.26. The number of hydrogen-bond donors (Lipinski definition) is 0. The van der Waals surface area contributed by atoms with E-state index >= 15 is 0 Å². The maximum absolute atomic E-state index is 12.4. The van der Waals surface area contributed by atoms with Crippen molar-refractivity contribution < 1.29 is 9.53 Å². The first-order chi connectivity index (χ1) is 9.24. The van der Waals surface area contributed by atoms with Crippen molar-refractivity contribution in [1.29, 1.82) is 0 Å². The highest BCUT2D eigenvalue weighted by molar-refractivity contribution is 9.09. The number of amides is 1. The van der Waals surface area contributed by atoms with Crippen LogP contribution in [-0.4, -0.2) is 35.8 Å². The third kappa shape index (κ3) is 3.72. The van der Waals surface area contributed by atoms with Crippen LogP contribution in [0.2, 0.25) is 0 Å². The lowest BCUT2D eigenvalue weighted by molar-refractivity contribution is 0.0788. The zero-order valence-corrected chi connectivity index (χ0v) is 12.9. The Morgan fingerprint density at radius 2 is 2.37 bits per heavy atom. The minimum absolute atomic E-state index is 0.116. The van der Waals surface area contributed by atoms with Gasteiger partial charge in [0.25, 0.3) is 5.91 Å². The Hall–Kier alpha value is -1.03. The van der Waals surface area contributed by atoms with E-state index in [0.29, 0.717) is 12.5 Å². The molecule has 0 aliphatic carbocycles. The molecule has 1 aromatic carbocycles. The largest absolute Gasteiger partial charge is 0.494 e. The summed E-state index contributed by atoms with van der Waals surface area (Å²) in [6.07, 6.45) is 2.06. The van der Waals surface area contributed by atoms with Gasteiger partial charge in [-0.2, -0.15) is 0 Å². The van der Waals surface area contributed by atoms with Crippen molar-refractivity contribution in [1.82, 2.24) is 4.90 Å². The molecule has 0 spiro atoms. The number of nitrogens with zero attached hydrogens (tertiary/aromatic N) is 1. The van der Waals surface area contributed by atoms with Crippen molar-refractivity contribution in [3.05, 3.63) is 29.8 Å². The first kappa shape index (κ1) is 14.4. The maximum Gasteiger partial charge on any atom is 0.253 e. The van der Waals surface area contributed by atoms with Gasteiger partial charge in [0, 0.05) is 24.0 Å². The smallest absolute Gasteiger partial charge is 0.253 e. The number of rotatable bonds is 5. The van der Waals surface area contributed by atoms with Crippen LogP contribution in [0.25, 0.3) is 0 Å². The number of alkyl halides is 1. The van der Waals surface area contributed by atoms with Gasteiger partial charge in [-0.15, -0.1) is 0 Å². The van der Waals surface area contributed by atoms with E-state index < -0.39 is 0 Å². The van der Waals surface area contributed by atoms with Crippen molar-refractivity contribution >= 4 is 21.8 Å². The predicted molar refractivity (Wildman–Crippen MR) is 80.0 cm³/mol. The van der Waals surface area contributed by atoms with E-state index in [1.54, 1.807) is 0 Å². The average Bonchev–Trinajstić information content (AvgIpc) is 2.93. The normalized spacial score (nSPS) is 18.6. The van der Waals surface area contributed by atoms with E-state index in [0.717, 1.165) is 42.6 Å². The summed E-state index contributed by atoms with van der Waals surface area (Å²) in [5.41, 5.74) is 0.726. The third-order valence-electron chi connectivity index (χ3n) is 3.35. The van der Waals surface area contributed by atoms with Gasteiger partial charge in [-0.05, 0) is 37.0 Å². The summed E-state index contributed by atoms with van der Waals surface area (Å²) in [6.45, 7) is 4.46. The summed E-state index contributed by atoms with van der Waals surface area (Å²) < 4.78 is 5.57. The van der Waals surface area contributed by atoms with Crippen LogP contribution in [0.15, 0.2) is 24.3 Å². The molecule has 0 radical (unpaired) electrons. The number of hydrogen-bond acceptors (Lipinski definition) is 2. The molecule has 3 nitrogen and oxygen atoms in total. The van der Waals surface area contributed by atoms with Crippen LogP contribution in [0.1, 0.15) is 30.1 Å². The molecular weight excluding hydrogens is 306 g/mol. The van der Waals surface area contributed by atoms with Gasteiger partial charge in [-0.3, -0.25) is 4.79 Å². The predicted octanol–water partition coefficient (Wildman–Crippen LogP) is 3.33. The number of likely N-dealkylation sites (tertiary alicyclic amines) is 1. The second kappa shape index (κ2) is 6.94. The van der Waals surface area contributed by atoms with Gasteiger partial charge in [-0.25, -0.2) is 0 Å². The number of ether oxygens (including phenoxy) is 1. The molecule has 1 saturated heterocycles. The minimum atomic E-state index is 0.116. The maximum atomic E-state index is 12.4. The molecule has 1 atom stereocenters. The summed E-state index contributed by atoms with van der Waals surface area (Å²) in [5.74, 6) is 1.48. The fourth-order valence-corrected chi connectivity index (χ4v) is 2.79. The lowest BCUT2D eigenvalue weighted by Crippen LogP contribution is -2.28. The Bertz CT molecular complexity index is 436. The molecule has 0 saturated carbocycles. The Balaban J connectivity index is 2.02. The number of carbonyl (C=O) groups excluding carboxylic acids is 1. The van der Waals surface area contributed by atoms with Crippen LogP contribution in [0.4, 0.5) is 0 Å². The van der Waals surface area contributed by atoms with E-state index in [9.17, 15) is 4.79 Å².